The highest BCUT2D eigenvalue weighted by Crippen LogP contribution is 2.36. The Morgan fingerprint density at radius 1 is 1.21 bits per heavy atom. The molecule has 1 aliphatic carbocycles. The van der Waals surface area contributed by atoms with E-state index in [0.29, 0.717) is 18.9 Å². The van der Waals surface area contributed by atoms with Crippen LogP contribution in [0.5, 0.6) is 0 Å². The van der Waals surface area contributed by atoms with Crippen LogP contribution in [0.1, 0.15) is 12.8 Å². The maximum Gasteiger partial charge on any atom is 0.318 e. The maximum atomic E-state index is 10.7. The van der Waals surface area contributed by atoms with Crippen molar-refractivity contribution in [2.45, 2.75) is 18.9 Å². The molecular weight excluding hydrogens is 186 g/mol. The minimum atomic E-state index is -1.23. The summed E-state index contributed by atoms with van der Waals surface area (Å²) in [4.78, 5) is 23.3. The number of carboxylic acids is 2. The van der Waals surface area contributed by atoms with Crippen LogP contribution in [0, 0.1) is 11.8 Å². The molecule has 0 unspecified atom stereocenters. The van der Waals surface area contributed by atoms with Crippen molar-refractivity contribution in [1.82, 2.24) is 4.90 Å². The van der Waals surface area contributed by atoms with Crippen molar-refractivity contribution in [2.24, 2.45) is 11.8 Å². The molecule has 0 aromatic rings. The van der Waals surface area contributed by atoms with E-state index >= 15 is 0 Å². The van der Waals surface area contributed by atoms with E-state index in [4.69, 9.17) is 10.2 Å². The molecule has 5 nitrogen and oxygen atoms in total. The topological polar surface area (TPSA) is 77.8 Å². The molecule has 0 bridgehead atoms. The number of carbonyl (C=O) groups is 2. The largest absolute Gasteiger partial charge is 0.481 e. The lowest BCUT2D eigenvalue weighted by molar-refractivity contribution is -0.160. The minimum Gasteiger partial charge on any atom is -0.481 e. The zero-order valence-electron chi connectivity index (χ0n) is 8.30. The maximum absolute atomic E-state index is 10.7. The van der Waals surface area contributed by atoms with Crippen molar-refractivity contribution >= 4 is 11.9 Å². The summed E-state index contributed by atoms with van der Waals surface area (Å²) in [6, 6.07) is 0.334. The molecule has 0 aliphatic heterocycles. The molecule has 2 N–H and O–H groups in total. The van der Waals surface area contributed by atoms with E-state index < -0.39 is 17.9 Å². The van der Waals surface area contributed by atoms with E-state index in [1.807, 2.05) is 19.0 Å². The van der Waals surface area contributed by atoms with Crippen LogP contribution in [-0.4, -0.2) is 47.2 Å². The summed E-state index contributed by atoms with van der Waals surface area (Å²) in [5.41, 5.74) is 0. The molecule has 80 valence electrons. The highest BCUT2D eigenvalue weighted by atomic mass is 16.4. The Morgan fingerprint density at radius 2 is 1.64 bits per heavy atom. The molecule has 0 radical (unpaired) electrons. The van der Waals surface area contributed by atoms with Crippen LogP contribution in [-0.2, 0) is 9.59 Å². The van der Waals surface area contributed by atoms with Gasteiger partial charge in [-0.1, -0.05) is 0 Å². The predicted octanol–water partition coefficient (Wildman–Crippen LogP) is 0.112. The standard InChI is InChI=1S/C9H15NO4/c1-10(2)6-3-5(4-6)7(8(11)12)9(13)14/h5-7H,3-4H2,1-2H3,(H,11,12)(H,13,14). The molecule has 0 saturated heterocycles. The summed E-state index contributed by atoms with van der Waals surface area (Å²) < 4.78 is 0. The van der Waals surface area contributed by atoms with Gasteiger partial charge >= 0.3 is 11.9 Å². The quantitative estimate of drug-likeness (QED) is 0.631. The van der Waals surface area contributed by atoms with Gasteiger partial charge in [0.1, 0.15) is 0 Å². The van der Waals surface area contributed by atoms with Crippen LogP contribution in [0.2, 0.25) is 0 Å². The molecule has 14 heavy (non-hydrogen) atoms. The van der Waals surface area contributed by atoms with Crippen molar-refractivity contribution in [3.05, 3.63) is 0 Å². The van der Waals surface area contributed by atoms with Crippen molar-refractivity contribution in [2.75, 3.05) is 14.1 Å². The Bertz CT molecular complexity index is 231. The number of hydrogen-bond donors (Lipinski definition) is 2. The first kappa shape index (κ1) is 11.0. The molecule has 1 saturated carbocycles. The zero-order chi connectivity index (χ0) is 10.9. The van der Waals surface area contributed by atoms with Crippen molar-refractivity contribution < 1.29 is 19.8 Å². The van der Waals surface area contributed by atoms with E-state index in [1.54, 1.807) is 0 Å². The van der Waals surface area contributed by atoms with Crippen molar-refractivity contribution in [3.63, 3.8) is 0 Å². The van der Waals surface area contributed by atoms with Gasteiger partial charge in [0.15, 0.2) is 5.92 Å². The van der Waals surface area contributed by atoms with Crippen molar-refractivity contribution in [3.8, 4) is 0 Å². The second-order valence-electron chi connectivity index (χ2n) is 4.00. The second kappa shape index (κ2) is 3.96. The minimum absolute atomic E-state index is 0.211. The predicted molar refractivity (Wildman–Crippen MR) is 49.0 cm³/mol. The van der Waals surface area contributed by atoms with Gasteiger partial charge in [0.25, 0.3) is 0 Å². The fourth-order valence-corrected chi connectivity index (χ4v) is 1.83. The summed E-state index contributed by atoms with van der Waals surface area (Å²) in [5, 5.41) is 17.4. The third-order valence-corrected chi connectivity index (χ3v) is 2.88. The van der Waals surface area contributed by atoms with Crippen LogP contribution in [0.3, 0.4) is 0 Å². The first-order valence-corrected chi connectivity index (χ1v) is 4.55. The Morgan fingerprint density at radius 3 is 1.93 bits per heavy atom. The van der Waals surface area contributed by atoms with Gasteiger partial charge in [0, 0.05) is 6.04 Å². The van der Waals surface area contributed by atoms with Gasteiger partial charge in [-0.2, -0.15) is 0 Å². The fraction of sp³-hybridized carbons (Fsp3) is 0.778. The monoisotopic (exact) mass is 201 g/mol. The molecule has 0 atom stereocenters. The number of nitrogens with zero attached hydrogens (tertiary/aromatic N) is 1. The lowest BCUT2D eigenvalue weighted by atomic mass is 9.72. The van der Waals surface area contributed by atoms with E-state index in [0.717, 1.165) is 0 Å². The van der Waals surface area contributed by atoms with Gasteiger partial charge in [-0.3, -0.25) is 9.59 Å². The summed E-state index contributed by atoms with van der Waals surface area (Å²) in [6.07, 6.45) is 1.33. The average Bonchev–Trinajstić information content (AvgIpc) is 1.92. The van der Waals surface area contributed by atoms with Crippen LogP contribution < -0.4 is 0 Å². The summed E-state index contributed by atoms with van der Waals surface area (Å²) >= 11 is 0. The number of hydrogen-bond acceptors (Lipinski definition) is 3. The Balaban J connectivity index is 2.51. The first-order valence-electron chi connectivity index (χ1n) is 4.55. The first-order chi connectivity index (χ1) is 6.43. The van der Waals surface area contributed by atoms with Crippen molar-refractivity contribution in [1.29, 1.82) is 0 Å². The molecule has 1 aliphatic rings. The normalized spacial score (nSPS) is 26.3. The number of rotatable bonds is 4. The smallest absolute Gasteiger partial charge is 0.318 e. The molecular formula is C9H15NO4. The molecule has 0 aromatic heterocycles. The summed E-state index contributed by atoms with van der Waals surface area (Å²) in [5.74, 6) is -3.89. The molecule has 5 heteroatoms. The Kier molecular flexibility index (Phi) is 3.10. The van der Waals surface area contributed by atoms with Crippen LogP contribution in [0.4, 0.5) is 0 Å². The zero-order valence-corrected chi connectivity index (χ0v) is 8.30. The molecule has 0 aromatic carbocycles. The van der Waals surface area contributed by atoms with E-state index in [-0.39, 0.29) is 5.92 Å². The molecule has 0 amide bonds. The SMILES string of the molecule is CN(C)C1CC(C(C(=O)O)C(=O)O)C1. The molecule has 1 fully saturated rings. The fourth-order valence-electron chi connectivity index (χ4n) is 1.83. The number of carboxylic acid groups (broad SMARTS) is 2. The van der Waals surface area contributed by atoms with E-state index in [9.17, 15) is 9.59 Å². The molecule has 0 spiro atoms. The van der Waals surface area contributed by atoms with Crippen LogP contribution in [0.15, 0.2) is 0 Å². The van der Waals surface area contributed by atoms with Gasteiger partial charge < -0.3 is 15.1 Å². The Labute approximate surface area is 82.3 Å². The molecule has 0 heterocycles. The van der Waals surface area contributed by atoms with Gasteiger partial charge in [-0.25, -0.2) is 0 Å². The Hall–Kier alpha value is -1.10. The second-order valence-corrected chi connectivity index (χ2v) is 4.00. The van der Waals surface area contributed by atoms with Gasteiger partial charge in [0.2, 0.25) is 0 Å². The van der Waals surface area contributed by atoms with Gasteiger partial charge in [-0.05, 0) is 32.9 Å². The third kappa shape index (κ3) is 2.04. The van der Waals surface area contributed by atoms with Crippen LogP contribution in [0.25, 0.3) is 0 Å². The lowest BCUT2D eigenvalue weighted by Crippen LogP contribution is -2.47. The van der Waals surface area contributed by atoms with E-state index in [2.05, 4.69) is 0 Å². The summed E-state index contributed by atoms with van der Waals surface area (Å²) in [7, 11) is 3.83. The third-order valence-electron chi connectivity index (χ3n) is 2.88. The van der Waals surface area contributed by atoms with Gasteiger partial charge in [-0.15, -0.1) is 0 Å². The number of aliphatic carboxylic acids is 2. The van der Waals surface area contributed by atoms with Crippen LogP contribution >= 0.6 is 0 Å². The lowest BCUT2D eigenvalue weighted by Gasteiger charge is -2.41. The highest BCUT2D eigenvalue weighted by Gasteiger charge is 2.43. The average molecular weight is 201 g/mol. The highest BCUT2D eigenvalue weighted by molar-refractivity contribution is 5.93. The van der Waals surface area contributed by atoms with Gasteiger partial charge in [0.05, 0.1) is 0 Å². The molecule has 1 rings (SSSR count). The summed E-state index contributed by atoms with van der Waals surface area (Å²) in [6.45, 7) is 0. The van der Waals surface area contributed by atoms with E-state index in [1.165, 1.54) is 0 Å².